The summed E-state index contributed by atoms with van der Waals surface area (Å²) in [6.07, 6.45) is 1.85. The summed E-state index contributed by atoms with van der Waals surface area (Å²) in [7, 11) is 0.522. The van der Waals surface area contributed by atoms with Gasteiger partial charge in [0, 0.05) is 13.5 Å². The SMILES string of the molecule is Cn1nc(CC2(C)OB(c3ccnn3F)OC2(C)C)cc1B1OC(C)(C)C(C)(C)O1. The largest absolute Gasteiger partial charge is 0.517 e. The molecule has 4 rings (SSSR count). The average Bonchev–Trinajstić information content (AvgIpc) is 3.27. The van der Waals surface area contributed by atoms with Crippen LogP contribution in [0.15, 0.2) is 18.3 Å². The monoisotopic (exact) mass is 418 g/mol. The highest BCUT2D eigenvalue weighted by atomic mass is 19.2. The van der Waals surface area contributed by atoms with Gasteiger partial charge in [-0.1, -0.05) is 4.48 Å². The molecule has 2 saturated heterocycles. The molecule has 0 radical (unpaired) electrons. The molecule has 0 bridgehead atoms. The first-order valence-electron chi connectivity index (χ1n) is 10.2. The van der Waals surface area contributed by atoms with Gasteiger partial charge in [-0.15, -0.1) is 4.90 Å². The first-order chi connectivity index (χ1) is 13.7. The number of nitrogens with zero attached hydrogens (tertiary/aromatic N) is 4. The molecule has 1 unspecified atom stereocenters. The minimum Gasteiger partial charge on any atom is -0.398 e. The van der Waals surface area contributed by atoms with Crippen LogP contribution in [0.1, 0.15) is 54.2 Å². The Hall–Kier alpha value is -1.68. The molecule has 0 aliphatic carbocycles. The zero-order chi connectivity index (χ0) is 22.1. The molecular formula is C19H29B2FN4O4. The molecule has 2 aliphatic heterocycles. The van der Waals surface area contributed by atoms with E-state index in [0.29, 0.717) is 6.42 Å². The van der Waals surface area contributed by atoms with Crippen molar-refractivity contribution in [2.75, 3.05) is 0 Å². The molecule has 4 heterocycles. The van der Waals surface area contributed by atoms with Crippen LogP contribution in [0.2, 0.25) is 0 Å². The van der Waals surface area contributed by atoms with Gasteiger partial charge in [0.1, 0.15) is 5.59 Å². The van der Waals surface area contributed by atoms with Crippen molar-refractivity contribution in [1.82, 2.24) is 19.8 Å². The Morgan fingerprint density at radius 3 is 2.03 bits per heavy atom. The summed E-state index contributed by atoms with van der Waals surface area (Å²) in [5, 5.41) is 8.23. The fourth-order valence-electron chi connectivity index (χ4n) is 3.79. The van der Waals surface area contributed by atoms with E-state index in [9.17, 15) is 4.48 Å². The van der Waals surface area contributed by atoms with Crippen molar-refractivity contribution in [1.29, 1.82) is 0 Å². The predicted octanol–water partition coefficient (Wildman–Crippen LogP) is 1.17. The van der Waals surface area contributed by atoms with Crippen LogP contribution < -0.4 is 11.2 Å². The minimum absolute atomic E-state index is 0.228. The van der Waals surface area contributed by atoms with Crippen LogP contribution in [0.3, 0.4) is 0 Å². The average molecular weight is 418 g/mol. The molecule has 30 heavy (non-hydrogen) atoms. The number of rotatable bonds is 4. The van der Waals surface area contributed by atoms with Gasteiger partial charge >= 0.3 is 14.2 Å². The molecule has 11 heteroatoms. The third kappa shape index (κ3) is 3.32. The van der Waals surface area contributed by atoms with Gasteiger partial charge in [0.25, 0.3) is 0 Å². The van der Waals surface area contributed by atoms with E-state index in [0.717, 1.165) is 11.3 Å². The zero-order valence-corrected chi connectivity index (χ0v) is 18.9. The molecule has 0 aromatic carbocycles. The summed E-state index contributed by atoms with van der Waals surface area (Å²) < 4.78 is 40.2. The smallest absolute Gasteiger partial charge is 0.398 e. The fraction of sp³-hybridized carbons (Fsp3) is 0.684. The molecule has 2 aromatic heterocycles. The van der Waals surface area contributed by atoms with Crippen LogP contribution in [-0.4, -0.2) is 56.4 Å². The molecule has 162 valence electrons. The van der Waals surface area contributed by atoms with Crippen molar-refractivity contribution in [2.45, 2.75) is 77.3 Å². The Morgan fingerprint density at radius 1 is 0.900 bits per heavy atom. The molecule has 8 nitrogen and oxygen atoms in total. The van der Waals surface area contributed by atoms with Crippen LogP contribution in [0.25, 0.3) is 0 Å². The number of aromatic nitrogens is 4. The molecule has 0 saturated carbocycles. The maximum Gasteiger partial charge on any atom is 0.517 e. The summed E-state index contributed by atoms with van der Waals surface area (Å²) in [5.74, 6) is 0. The maximum absolute atomic E-state index is 13.9. The summed E-state index contributed by atoms with van der Waals surface area (Å²) in [5.41, 5.74) is -0.390. The van der Waals surface area contributed by atoms with E-state index in [1.165, 1.54) is 6.20 Å². The Balaban J connectivity index is 1.56. The van der Waals surface area contributed by atoms with Crippen LogP contribution in [0, 0.1) is 0 Å². The van der Waals surface area contributed by atoms with Crippen LogP contribution >= 0.6 is 0 Å². The summed E-state index contributed by atoms with van der Waals surface area (Å²) >= 11 is 0. The van der Waals surface area contributed by atoms with Gasteiger partial charge in [-0.3, -0.25) is 4.68 Å². The van der Waals surface area contributed by atoms with Gasteiger partial charge in [0.05, 0.1) is 39.9 Å². The van der Waals surface area contributed by atoms with Gasteiger partial charge in [0.2, 0.25) is 0 Å². The highest BCUT2D eigenvalue weighted by Crippen LogP contribution is 2.40. The lowest BCUT2D eigenvalue weighted by Crippen LogP contribution is -2.46. The van der Waals surface area contributed by atoms with E-state index >= 15 is 0 Å². The van der Waals surface area contributed by atoms with Crippen molar-refractivity contribution in [3.05, 3.63) is 24.0 Å². The molecular weight excluding hydrogens is 389 g/mol. The standard InChI is InChI=1S/C19H29B2FN4O4/c1-16(2)17(3,4)28-21(27-16)15-11-13(24-25(15)8)12-19(7)18(5,6)29-20(30-19)14-9-10-23-26(14)22/h9-11H,12H2,1-8H3. The molecule has 0 amide bonds. The van der Waals surface area contributed by atoms with Crippen molar-refractivity contribution in [3.8, 4) is 0 Å². The van der Waals surface area contributed by atoms with E-state index in [4.69, 9.17) is 18.6 Å². The van der Waals surface area contributed by atoms with Gasteiger partial charge in [-0.05, 0) is 60.6 Å². The second kappa shape index (κ2) is 6.66. The number of aryl methyl sites for hydroxylation is 1. The molecule has 2 aliphatic rings. The first-order valence-corrected chi connectivity index (χ1v) is 10.2. The summed E-state index contributed by atoms with van der Waals surface area (Å²) in [6.45, 7) is 13.9. The normalized spacial score (nSPS) is 27.2. The first kappa shape index (κ1) is 21.5. The van der Waals surface area contributed by atoms with Crippen molar-refractivity contribution in [2.24, 2.45) is 7.05 Å². The van der Waals surface area contributed by atoms with E-state index in [2.05, 4.69) is 10.2 Å². The van der Waals surface area contributed by atoms with E-state index in [1.54, 1.807) is 10.7 Å². The second-order valence-corrected chi connectivity index (χ2v) is 9.87. The lowest BCUT2D eigenvalue weighted by molar-refractivity contribution is -0.00951. The molecule has 0 spiro atoms. The van der Waals surface area contributed by atoms with Crippen LogP contribution in [0.4, 0.5) is 4.48 Å². The Labute approximate surface area is 177 Å². The van der Waals surface area contributed by atoms with Gasteiger partial charge < -0.3 is 18.6 Å². The highest BCUT2D eigenvalue weighted by molar-refractivity contribution is 6.61. The highest BCUT2D eigenvalue weighted by Gasteiger charge is 2.56. The fourth-order valence-corrected chi connectivity index (χ4v) is 3.79. The van der Waals surface area contributed by atoms with Gasteiger partial charge in [-0.2, -0.15) is 10.2 Å². The van der Waals surface area contributed by atoms with Crippen molar-refractivity contribution in [3.63, 3.8) is 0 Å². The Kier molecular flexibility index (Phi) is 4.78. The van der Waals surface area contributed by atoms with Gasteiger partial charge in [-0.25, -0.2) is 0 Å². The lowest BCUT2D eigenvalue weighted by Gasteiger charge is -2.35. The third-order valence-corrected chi connectivity index (χ3v) is 6.89. The van der Waals surface area contributed by atoms with Crippen molar-refractivity contribution < 1.29 is 23.1 Å². The van der Waals surface area contributed by atoms with Gasteiger partial charge in [0.15, 0.2) is 0 Å². The van der Waals surface area contributed by atoms with E-state index in [-0.39, 0.29) is 10.5 Å². The molecule has 2 fully saturated rings. The second-order valence-electron chi connectivity index (χ2n) is 9.87. The Morgan fingerprint density at radius 2 is 1.47 bits per heavy atom. The van der Waals surface area contributed by atoms with Crippen LogP contribution in [0.5, 0.6) is 0 Å². The Bertz CT molecular complexity index is 944. The predicted molar refractivity (Wildman–Crippen MR) is 111 cm³/mol. The van der Waals surface area contributed by atoms with Crippen molar-refractivity contribution >= 4 is 25.4 Å². The summed E-state index contributed by atoms with van der Waals surface area (Å²) in [6, 6.07) is 3.52. The van der Waals surface area contributed by atoms with E-state index < -0.39 is 36.6 Å². The lowest BCUT2D eigenvalue weighted by atomic mass is 9.81. The number of hydrogen-bond donors (Lipinski definition) is 0. The molecule has 2 aromatic rings. The van der Waals surface area contributed by atoms with Crippen LogP contribution in [-0.2, 0) is 32.1 Å². The number of halogens is 1. The van der Waals surface area contributed by atoms with E-state index in [1.807, 2.05) is 61.6 Å². The third-order valence-electron chi connectivity index (χ3n) is 6.89. The quantitative estimate of drug-likeness (QED) is 0.695. The molecule has 1 atom stereocenters. The summed E-state index contributed by atoms with van der Waals surface area (Å²) in [4.78, 5) is 0.281. The zero-order valence-electron chi connectivity index (χ0n) is 18.9. The topological polar surface area (TPSA) is 72.6 Å². The molecule has 0 N–H and O–H groups in total. The maximum atomic E-state index is 13.9. The number of hydrogen-bond acceptors (Lipinski definition) is 6. The minimum atomic E-state index is -0.844.